The van der Waals surface area contributed by atoms with Gasteiger partial charge in [-0.1, -0.05) is 31.4 Å². The van der Waals surface area contributed by atoms with Gasteiger partial charge in [0.2, 0.25) is 0 Å². The summed E-state index contributed by atoms with van der Waals surface area (Å²) in [6.07, 6.45) is 6.66. The molecule has 1 fully saturated rings. The van der Waals surface area contributed by atoms with Gasteiger partial charge < -0.3 is 5.11 Å². The van der Waals surface area contributed by atoms with E-state index in [1.165, 1.54) is 24.2 Å². The Morgan fingerprint density at radius 3 is 2.62 bits per heavy atom. The normalized spacial score (nSPS) is 30.6. The number of rotatable bonds is 3. The SMILES string of the molecule is CCCC1CCC(O)(c2ccc(Cl)s2)CC1. The van der Waals surface area contributed by atoms with Crippen molar-refractivity contribution < 1.29 is 5.11 Å². The van der Waals surface area contributed by atoms with E-state index >= 15 is 0 Å². The molecule has 1 heterocycles. The van der Waals surface area contributed by atoms with Crippen molar-refractivity contribution in [2.24, 2.45) is 5.92 Å². The fraction of sp³-hybridized carbons (Fsp3) is 0.692. The average Bonchev–Trinajstić information content (AvgIpc) is 2.70. The molecule has 0 unspecified atom stereocenters. The minimum Gasteiger partial charge on any atom is -0.384 e. The Labute approximate surface area is 106 Å². The lowest BCUT2D eigenvalue weighted by Crippen LogP contribution is -2.30. The monoisotopic (exact) mass is 258 g/mol. The van der Waals surface area contributed by atoms with Crippen LogP contribution in [0.3, 0.4) is 0 Å². The summed E-state index contributed by atoms with van der Waals surface area (Å²) >= 11 is 7.45. The van der Waals surface area contributed by atoms with E-state index in [1.54, 1.807) is 0 Å². The van der Waals surface area contributed by atoms with Crippen molar-refractivity contribution in [2.45, 2.75) is 51.0 Å². The van der Waals surface area contributed by atoms with Crippen molar-refractivity contribution in [1.29, 1.82) is 0 Å². The highest BCUT2D eigenvalue weighted by molar-refractivity contribution is 7.16. The highest BCUT2D eigenvalue weighted by Crippen LogP contribution is 2.43. The molecule has 1 saturated carbocycles. The molecular weight excluding hydrogens is 240 g/mol. The third kappa shape index (κ3) is 2.61. The van der Waals surface area contributed by atoms with Crippen LogP contribution in [0.25, 0.3) is 0 Å². The van der Waals surface area contributed by atoms with Crippen molar-refractivity contribution in [1.82, 2.24) is 0 Å². The van der Waals surface area contributed by atoms with Crippen molar-refractivity contribution in [3.63, 3.8) is 0 Å². The van der Waals surface area contributed by atoms with Gasteiger partial charge in [0.1, 0.15) is 0 Å². The molecule has 0 radical (unpaired) electrons. The van der Waals surface area contributed by atoms with Crippen LogP contribution in [0.4, 0.5) is 0 Å². The number of aliphatic hydroxyl groups is 1. The molecule has 0 atom stereocenters. The minimum atomic E-state index is -0.595. The molecule has 1 aromatic rings. The second-order valence-electron chi connectivity index (χ2n) is 4.87. The molecule has 2 rings (SSSR count). The smallest absolute Gasteiger partial charge is 0.0988 e. The van der Waals surface area contributed by atoms with E-state index in [4.69, 9.17) is 11.6 Å². The van der Waals surface area contributed by atoms with Crippen LogP contribution < -0.4 is 0 Å². The van der Waals surface area contributed by atoms with Crippen LogP contribution in [0.15, 0.2) is 12.1 Å². The van der Waals surface area contributed by atoms with Gasteiger partial charge >= 0.3 is 0 Å². The Morgan fingerprint density at radius 2 is 2.12 bits per heavy atom. The summed E-state index contributed by atoms with van der Waals surface area (Å²) in [6, 6.07) is 3.87. The third-order valence-electron chi connectivity index (χ3n) is 3.66. The lowest BCUT2D eigenvalue weighted by Gasteiger charge is -2.35. The first-order valence-electron chi connectivity index (χ1n) is 6.12. The van der Waals surface area contributed by atoms with Gasteiger partial charge in [-0.15, -0.1) is 11.3 Å². The Hall–Kier alpha value is -0.0500. The van der Waals surface area contributed by atoms with Crippen LogP contribution in [0.5, 0.6) is 0 Å². The van der Waals surface area contributed by atoms with E-state index in [0.717, 1.165) is 40.8 Å². The Balaban J connectivity index is 2.01. The third-order valence-corrected chi connectivity index (χ3v) is 5.09. The van der Waals surface area contributed by atoms with Gasteiger partial charge in [-0.05, 0) is 43.7 Å². The predicted octanol–water partition coefficient (Wildman–Crippen LogP) is 4.58. The van der Waals surface area contributed by atoms with E-state index in [0.29, 0.717) is 0 Å². The molecule has 1 aliphatic rings. The molecule has 1 N–H and O–H groups in total. The van der Waals surface area contributed by atoms with Gasteiger partial charge in [-0.3, -0.25) is 0 Å². The first kappa shape index (κ1) is 12.4. The first-order chi connectivity index (χ1) is 7.64. The summed E-state index contributed by atoms with van der Waals surface area (Å²) in [5, 5.41) is 10.6. The molecule has 0 spiro atoms. The molecule has 0 saturated heterocycles. The average molecular weight is 259 g/mol. The van der Waals surface area contributed by atoms with Crippen LogP contribution >= 0.6 is 22.9 Å². The standard InChI is InChI=1S/C13H19ClOS/c1-2-3-10-6-8-13(15,9-7-10)11-4-5-12(14)16-11/h4-5,10,15H,2-3,6-9H2,1H3. The second kappa shape index (κ2) is 5.07. The molecule has 0 aliphatic heterocycles. The van der Waals surface area contributed by atoms with E-state index in [-0.39, 0.29) is 0 Å². The zero-order valence-electron chi connectivity index (χ0n) is 9.71. The topological polar surface area (TPSA) is 20.2 Å². The summed E-state index contributed by atoms with van der Waals surface area (Å²) in [4.78, 5) is 1.05. The molecule has 1 nitrogen and oxygen atoms in total. The largest absolute Gasteiger partial charge is 0.384 e. The molecule has 1 aromatic heterocycles. The molecule has 0 bridgehead atoms. The molecule has 1 aliphatic carbocycles. The molecule has 16 heavy (non-hydrogen) atoms. The summed E-state index contributed by atoms with van der Waals surface area (Å²) in [7, 11) is 0. The predicted molar refractivity (Wildman–Crippen MR) is 70.1 cm³/mol. The van der Waals surface area contributed by atoms with Crippen LogP contribution in [0.2, 0.25) is 4.34 Å². The number of hydrogen-bond donors (Lipinski definition) is 1. The van der Waals surface area contributed by atoms with E-state index in [2.05, 4.69) is 6.92 Å². The van der Waals surface area contributed by atoms with Gasteiger partial charge in [-0.25, -0.2) is 0 Å². The maximum absolute atomic E-state index is 10.6. The first-order valence-corrected chi connectivity index (χ1v) is 7.31. The van der Waals surface area contributed by atoms with E-state index < -0.39 is 5.60 Å². The summed E-state index contributed by atoms with van der Waals surface area (Å²) < 4.78 is 0.777. The molecule has 3 heteroatoms. The van der Waals surface area contributed by atoms with Crippen molar-refractivity contribution in [3.8, 4) is 0 Å². The Bertz CT molecular complexity index is 339. The minimum absolute atomic E-state index is 0.595. The highest BCUT2D eigenvalue weighted by Gasteiger charge is 2.35. The van der Waals surface area contributed by atoms with Gasteiger partial charge in [0.05, 0.1) is 9.94 Å². The number of thiophene rings is 1. The quantitative estimate of drug-likeness (QED) is 0.842. The maximum atomic E-state index is 10.6. The maximum Gasteiger partial charge on any atom is 0.0988 e. The zero-order valence-corrected chi connectivity index (χ0v) is 11.3. The zero-order chi connectivity index (χ0) is 11.6. The molecule has 90 valence electrons. The molecule has 0 amide bonds. The van der Waals surface area contributed by atoms with Gasteiger partial charge in [0.25, 0.3) is 0 Å². The van der Waals surface area contributed by atoms with Gasteiger partial charge in [0.15, 0.2) is 0 Å². The Kier molecular flexibility index (Phi) is 3.93. The highest BCUT2D eigenvalue weighted by atomic mass is 35.5. The number of hydrogen-bond acceptors (Lipinski definition) is 2. The van der Waals surface area contributed by atoms with Crippen molar-refractivity contribution in [3.05, 3.63) is 21.3 Å². The lowest BCUT2D eigenvalue weighted by molar-refractivity contribution is -0.0120. The van der Waals surface area contributed by atoms with Crippen LogP contribution in [0, 0.1) is 5.92 Å². The molecular formula is C13H19ClOS. The van der Waals surface area contributed by atoms with Crippen LogP contribution in [-0.4, -0.2) is 5.11 Å². The summed E-state index contributed by atoms with van der Waals surface area (Å²) in [5.41, 5.74) is -0.595. The second-order valence-corrected chi connectivity index (χ2v) is 6.58. The lowest BCUT2D eigenvalue weighted by atomic mass is 9.76. The molecule has 0 aromatic carbocycles. The van der Waals surface area contributed by atoms with Crippen molar-refractivity contribution in [2.75, 3.05) is 0 Å². The Morgan fingerprint density at radius 1 is 1.44 bits per heavy atom. The summed E-state index contributed by atoms with van der Waals surface area (Å²) in [5.74, 6) is 0.820. The fourth-order valence-electron chi connectivity index (χ4n) is 2.66. The van der Waals surface area contributed by atoms with E-state index in [9.17, 15) is 5.11 Å². The summed E-state index contributed by atoms with van der Waals surface area (Å²) in [6.45, 7) is 2.24. The van der Waals surface area contributed by atoms with E-state index in [1.807, 2.05) is 12.1 Å². The fourth-order valence-corrected chi connectivity index (χ4v) is 3.85. The number of halogens is 1. The van der Waals surface area contributed by atoms with Crippen molar-refractivity contribution >= 4 is 22.9 Å². The van der Waals surface area contributed by atoms with Gasteiger partial charge in [0, 0.05) is 4.88 Å². The van der Waals surface area contributed by atoms with Gasteiger partial charge in [-0.2, -0.15) is 0 Å². The van der Waals surface area contributed by atoms with Crippen LogP contribution in [-0.2, 0) is 5.60 Å². The van der Waals surface area contributed by atoms with Crippen LogP contribution in [0.1, 0.15) is 50.3 Å².